The number of likely N-dealkylation sites (tertiary alicyclic amines) is 1. The topological polar surface area (TPSA) is 65.1 Å². The zero-order valence-corrected chi connectivity index (χ0v) is 17.2. The van der Waals surface area contributed by atoms with Crippen molar-refractivity contribution in [2.24, 2.45) is 0 Å². The summed E-state index contributed by atoms with van der Waals surface area (Å²) in [5, 5.41) is 0. The van der Waals surface area contributed by atoms with Crippen molar-refractivity contribution in [3.8, 4) is 11.5 Å². The van der Waals surface area contributed by atoms with E-state index in [1.54, 1.807) is 19.1 Å². The molecular weight excluding hydrogens is 382 g/mol. The van der Waals surface area contributed by atoms with Gasteiger partial charge in [-0.05, 0) is 37.1 Å². The normalized spacial score (nSPS) is 13.6. The minimum atomic E-state index is -0.401. The molecule has 0 saturated carbocycles. The van der Waals surface area contributed by atoms with E-state index in [0.717, 1.165) is 24.1 Å². The van der Waals surface area contributed by atoms with Gasteiger partial charge in [-0.2, -0.15) is 0 Å². The highest BCUT2D eigenvalue weighted by atomic mass is 16.5. The molecule has 1 saturated heterocycles. The molecule has 1 aliphatic heterocycles. The second-order valence-electron chi connectivity index (χ2n) is 6.89. The molecule has 158 valence electrons. The summed E-state index contributed by atoms with van der Waals surface area (Å²) in [4.78, 5) is 25.2. The monoisotopic (exact) mass is 409 g/mol. The maximum absolute atomic E-state index is 11.7. The summed E-state index contributed by atoms with van der Waals surface area (Å²) in [6, 6.07) is 15.3. The number of benzene rings is 2. The molecule has 2 aromatic rings. The van der Waals surface area contributed by atoms with Crippen LogP contribution in [0, 0.1) is 0 Å². The molecule has 0 bridgehead atoms. The standard InChI is InChI=1S/C24H27NO5/c1-2-28-24(27)13-11-20-10-12-21(29-16-15-25-14-6-9-23(25)26)17-22(20)30-18-19-7-4-3-5-8-19/h3-5,7-8,10-13,17H,2,6,9,14-16,18H2,1H3/b13-11+. The Morgan fingerprint density at radius 1 is 1.13 bits per heavy atom. The van der Waals surface area contributed by atoms with Crippen LogP contribution in [0.25, 0.3) is 6.08 Å². The second-order valence-corrected chi connectivity index (χ2v) is 6.89. The number of ether oxygens (including phenoxy) is 3. The number of carbonyl (C=O) groups is 2. The highest BCUT2D eigenvalue weighted by molar-refractivity contribution is 5.87. The highest BCUT2D eigenvalue weighted by Gasteiger charge is 2.19. The van der Waals surface area contributed by atoms with Gasteiger partial charge in [0.15, 0.2) is 0 Å². The molecule has 1 aliphatic rings. The van der Waals surface area contributed by atoms with Crippen LogP contribution in [0.3, 0.4) is 0 Å². The molecule has 3 rings (SSSR count). The Balaban J connectivity index is 1.67. The summed E-state index contributed by atoms with van der Waals surface area (Å²) < 4.78 is 16.8. The molecule has 0 N–H and O–H groups in total. The maximum atomic E-state index is 11.7. The quantitative estimate of drug-likeness (QED) is 0.441. The van der Waals surface area contributed by atoms with Crippen molar-refractivity contribution in [1.29, 1.82) is 0 Å². The van der Waals surface area contributed by atoms with Gasteiger partial charge in [-0.1, -0.05) is 30.3 Å². The molecular formula is C24H27NO5. The van der Waals surface area contributed by atoms with Gasteiger partial charge in [-0.15, -0.1) is 0 Å². The molecule has 0 aliphatic carbocycles. The summed E-state index contributed by atoms with van der Waals surface area (Å²) in [7, 11) is 0. The van der Waals surface area contributed by atoms with Crippen LogP contribution in [0.1, 0.15) is 30.9 Å². The van der Waals surface area contributed by atoms with E-state index in [-0.39, 0.29) is 5.91 Å². The van der Waals surface area contributed by atoms with Crippen LogP contribution >= 0.6 is 0 Å². The SMILES string of the molecule is CCOC(=O)/C=C/c1ccc(OCCN2CCCC2=O)cc1OCc1ccccc1. The van der Waals surface area contributed by atoms with Crippen LogP contribution in [0.5, 0.6) is 11.5 Å². The summed E-state index contributed by atoms with van der Waals surface area (Å²) in [6.07, 6.45) is 4.59. The molecule has 1 amide bonds. The van der Waals surface area contributed by atoms with E-state index in [4.69, 9.17) is 14.2 Å². The fraction of sp³-hybridized carbons (Fsp3) is 0.333. The average Bonchev–Trinajstić information content (AvgIpc) is 3.17. The first kappa shape index (κ1) is 21.4. The predicted molar refractivity (Wildman–Crippen MR) is 114 cm³/mol. The lowest BCUT2D eigenvalue weighted by molar-refractivity contribution is -0.137. The number of carbonyl (C=O) groups excluding carboxylic acids is 2. The van der Waals surface area contributed by atoms with Crippen LogP contribution in [0.4, 0.5) is 0 Å². The van der Waals surface area contributed by atoms with Crippen molar-refractivity contribution in [3.05, 3.63) is 65.7 Å². The number of hydrogen-bond acceptors (Lipinski definition) is 5. The van der Waals surface area contributed by atoms with Gasteiger partial charge >= 0.3 is 5.97 Å². The molecule has 1 fully saturated rings. The van der Waals surface area contributed by atoms with E-state index in [9.17, 15) is 9.59 Å². The van der Waals surface area contributed by atoms with E-state index in [1.807, 2.05) is 47.4 Å². The van der Waals surface area contributed by atoms with Gasteiger partial charge in [0.2, 0.25) is 5.91 Å². The van der Waals surface area contributed by atoms with Gasteiger partial charge in [-0.25, -0.2) is 4.79 Å². The van der Waals surface area contributed by atoms with Gasteiger partial charge in [0, 0.05) is 30.7 Å². The lowest BCUT2D eigenvalue weighted by Crippen LogP contribution is -2.29. The Morgan fingerprint density at radius 2 is 1.97 bits per heavy atom. The molecule has 0 aromatic heterocycles. The Labute approximate surface area is 177 Å². The molecule has 6 heteroatoms. The lowest BCUT2D eigenvalue weighted by Gasteiger charge is -2.16. The molecule has 0 atom stereocenters. The third kappa shape index (κ3) is 6.37. The number of rotatable bonds is 10. The number of amides is 1. The third-order valence-corrected chi connectivity index (χ3v) is 4.71. The first-order valence-electron chi connectivity index (χ1n) is 10.2. The minimum absolute atomic E-state index is 0.185. The molecule has 0 unspecified atom stereocenters. The Kier molecular flexibility index (Phi) is 7.89. The largest absolute Gasteiger partial charge is 0.492 e. The molecule has 0 radical (unpaired) electrons. The fourth-order valence-corrected chi connectivity index (χ4v) is 3.16. The minimum Gasteiger partial charge on any atom is -0.492 e. The van der Waals surface area contributed by atoms with Crippen LogP contribution in [-0.4, -0.2) is 43.1 Å². The molecule has 1 heterocycles. The predicted octanol–water partition coefficient (Wildman–Crippen LogP) is 3.84. The summed E-state index contributed by atoms with van der Waals surface area (Å²) >= 11 is 0. The van der Waals surface area contributed by atoms with E-state index >= 15 is 0 Å². The molecule has 2 aromatic carbocycles. The van der Waals surface area contributed by atoms with Crippen molar-refractivity contribution in [3.63, 3.8) is 0 Å². The summed E-state index contributed by atoms with van der Waals surface area (Å²) in [5.74, 6) is 1.04. The van der Waals surface area contributed by atoms with Crippen LogP contribution < -0.4 is 9.47 Å². The smallest absolute Gasteiger partial charge is 0.330 e. The van der Waals surface area contributed by atoms with Crippen LogP contribution in [0.2, 0.25) is 0 Å². The third-order valence-electron chi connectivity index (χ3n) is 4.71. The van der Waals surface area contributed by atoms with Crippen molar-refractivity contribution in [2.45, 2.75) is 26.4 Å². The van der Waals surface area contributed by atoms with Crippen molar-refractivity contribution in [2.75, 3.05) is 26.3 Å². The second kappa shape index (κ2) is 11.0. The zero-order valence-electron chi connectivity index (χ0n) is 17.2. The number of esters is 1. The van der Waals surface area contributed by atoms with E-state index in [1.165, 1.54) is 6.08 Å². The summed E-state index contributed by atoms with van der Waals surface area (Å²) in [5.41, 5.74) is 1.79. The van der Waals surface area contributed by atoms with Gasteiger partial charge in [0.05, 0.1) is 13.2 Å². The van der Waals surface area contributed by atoms with E-state index in [0.29, 0.717) is 44.3 Å². The lowest BCUT2D eigenvalue weighted by atomic mass is 10.1. The van der Waals surface area contributed by atoms with Gasteiger partial charge in [0.1, 0.15) is 24.7 Å². The van der Waals surface area contributed by atoms with E-state index < -0.39 is 5.97 Å². The highest BCUT2D eigenvalue weighted by Crippen LogP contribution is 2.27. The number of hydrogen-bond donors (Lipinski definition) is 0. The molecule has 6 nitrogen and oxygen atoms in total. The van der Waals surface area contributed by atoms with Crippen LogP contribution in [0.15, 0.2) is 54.6 Å². The van der Waals surface area contributed by atoms with Crippen molar-refractivity contribution in [1.82, 2.24) is 4.90 Å². The van der Waals surface area contributed by atoms with Crippen molar-refractivity contribution >= 4 is 18.0 Å². The van der Waals surface area contributed by atoms with Crippen LogP contribution in [-0.2, 0) is 20.9 Å². The van der Waals surface area contributed by atoms with Gasteiger partial charge in [0.25, 0.3) is 0 Å². The number of nitrogens with zero attached hydrogens (tertiary/aromatic N) is 1. The van der Waals surface area contributed by atoms with Crippen molar-refractivity contribution < 1.29 is 23.8 Å². The average molecular weight is 409 g/mol. The Bertz CT molecular complexity index is 878. The molecule has 30 heavy (non-hydrogen) atoms. The first-order chi connectivity index (χ1) is 14.7. The van der Waals surface area contributed by atoms with Gasteiger partial charge in [-0.3, -0.25) is 4.79 Å². The Hall–Kier alpha value is -3.28. The Morgan fingerprint density at radius 3 is 2.70 bits per heavy atom. The zero-order chi connectivity index (χ0) is 21.2. The summed E-state index contributed by atoms with van der Waals surface area (Å²) in [6.45, 7) is 4.28. The van der Waals surface area contributed by atoms with Gasteiger partial charge < -0.3 is 19.1 Å². The maximum Gasteiger partial charge on any atom is 0.330 e. The molecule has 0 spiro atoms. The fourth-order valence-electron chi connectivity index (χ4n) is 3.16. The van der Waals surface area contributed by atoms with E-state index in [2.05, 4.69) is 0 Å². The first-order valence-corrected chi connectivity index (χ1v) is 10.2.